The molecule has 96 valence electrons. The number of amides is 1. The molecule has 1 unspecified atom stereocenters. The summed E-state index contributed by atoms with van der Waals surface area (Å²) in [4.78, 5) is 16.7. The second-order valence-corrected chi connectivity index (χ2v) is 4.80. The summed E-state index contributed by atoms with van der Waals surface area (Å²) >= 11 is 0. The van der Waals surface area contributed by atoms with E-state index >= 15 is 0 Å². The van der Waals surface area contributed by atoms with E-state index in [1.807, 2.05) is 11.8 Å². The Morgan fingerprint density at radius 1 is 1.35 bits per heavy atom. The zero-order chi connectivity index (χ0) is 12.1. The van der Waals surface area contributed by atoms with Gasteiger partial charge in [-0.2, -0.15) is 0 Å². The zero-order valence-corrected chi connectivity index (χ0v) is 10.7. The molecular formula is C13H23N3O. The normalized spacial score (nSPS) is 26.9. The monoisotopic (exact) mass is 237 g/mol. The standard InChI is InChI=1S/C13H23N3O/c1-2-3-8-15-9-4-5-12(15)13(17)16-10-6-14-7-11-16/h2-3,12,14H,4-11H2,1H3/b3-2+. The van der Waals surface area contributed by atoms with Crippen molar-refractivity contribution in [3.63, 3.8) is 0 Å². The lowest BCUT2D eigenvalue weighted by Gasteiger charge is -2.32. The molecule has 0 saturated carbocycles. The molecule has 2 saturated heterocycles. The summed E-state index contributed by atoms with van der Waals surface area (Å²) in [5.74, 6) is 0.341. The van der Waals surface area contributed by atoms with Gasteiger partial charge in [0.05, 0.1) is 6.04 Å². The van der Waals surface area contributed by atoms with E-state index in [9.17, 15) is 4.79 Å². The fourth-order valence-electron chi connectivity index (χ4n) is 2.66. The molecule has 1 amide bonds. The summed E-state index contributed by atoms with van der Waals surface area (Å²) in [5.41, 5.74) is 0. The Balaban J connectivity index is 1.92. The maximum atomic E-state index is 12.4. The Bertz CT molecular complexity index is 284. The van der Waals surface area contributed by atoms with E-state index in [0.717, 1.165) is 52.1 Å². The average Bonchev–Trinajstić information content (AvgIpc) is 2.84. The first-order valence-electron chi connectivity index (χ1n) is 6.67. The van der Waals surface area contributed by atoms with Gasteiger partial charge in [0.15, 0.2) is 0 Å². The number of allylic oxidation sites excluding steroid dienone is 1. The first kappa shape index (κ1) is 12.6. The smallest absolute Gasteiger partial charge is 0.240 e. The number of likely N-dealkylation sites (tertiary alicyclic amines) is 1. The summed E-state index contributed by atoms with van der Waals surface area (Å²) in [7, 11) is 0. The SMILES string of the molecule is C/C=C/CN1CCCC1C(=O)N1CCNCC1. The molecule has 0 bridgehead atoms. The van der Waals surface area contributed by atoms with Gasteiger partial charge in [0, 0.05) is 32.7 Å². The highest BCUT2D eigenvalue weighted by Gasteiger charge is 2.33. The highest BCUT2D eigenvalue weighted by atomic mass is 16.2. The first-order chi connectivity index (χ1) is 8.33. The van der Waals surface area contributed by atoms with Gasteiger partial charge in [0.2, 0.25) is 5.91 Å². The minimum absolute atomic E-state index is 0.129. The maximum absolute atomic E-state index is 12.4. The average molecular weight is 237 g/mol. The molecular weight excluding hydrogens is 214 g/mol. The number of nitrogens with zero attached hydrogens (tertiary/aromatic N) is 2. The third-order valence-corrected chi connectivity index (χ3v) is 3.65. The topological polar surface area (TPSA) is 35.6 Å². The largest absolute Gasteiger partial charge is 0.339 e. The van der Waals surface area contributed by atoms with Crippen molar-refractivity contribution in [2.45, 2.75) is 25.8 Å². The lowest BCUT2D eigenvalue weighted by atomic mass is 10.1. The Hall–Kier alpha value is -0.870. The molecule has 17 heavy (non-hydrogen) atoms. The van der Waals surface area contributed by atoms with Crippen molar-refractivity contribution in [1.29, 1.82) is 0 Å². The Morgan fingerprint density at radius 3 is 2.82 bits per heavy atom. The predicted octanol–water partition coefficient (Wildman–Crippen LogP) is 0.459. The number of piperazine rings is 1. The first-order valence-corrected chi connectivity index (χ1v) is 6.67. The van der Waals surface area contributed by atoms with Gasteiger partial charge in [-0.25, -0.2) is 0 Å². The number of carbonyl (C=O) groups is 1. The minimum Gasteiger partial charge on any atom is -0.339 e. The lowest BCUT2D eigenvalue weighted by Crippen LogP contribution is -2.52. The third-order valence-electron chi connectivity index (χ3n) is 3.65. The number of rotatable bonds is 3. The number of hydrogen-bond acceptors (Lipinski definition) is 3. The fraction of sp³-hybridized carbons (Fsp3) is 0.769. The van der Waals surface area contributed by atoms with Crippen LogP contribution < -0.4 is 5.32 Å². The molecule has 0 radical (unpaired) electrons. The van der Waals surface area contributed by atoms with Crippen molar-refractivity contribution in [2.24, 2.45) is 0 Å². The van der Waals surface area contributed by atoms with Crippen molar-refractivity contribution in [3.8, 4) is 0 Å². The molecule has 4 nitrogen and oxygen atoms in total. The molecule has 1 atom stereocenters. The molecule has 0 aliphatic carbocycles. The summed E-state index contributed by atoms with van der Waals surface area (Å²) in [6.45, 7) is 7.62. The van der Waals surface area contributed by atoms with Gasteiger partial charge >= 0.3 is 0 Å². The van der Waals surface area contributed by atoms with E-state index in [4.69, 9.17) is 0 Å². The fourth-order valence-corrected chi connectivity index (χ4v) is 2.66. The van der Waals surface area contributed by atoms with Gasteiger partial charge in [0.1, 0.15) is 0 Å². The van der Waals surface area contributed by atoms with Crippen LogP contribution in [0.1, 0.15) is 19.8 Å². The van der Waals surface area contributed by atoms with Crippen LogP contribution in [0.2, 0.25) is 0 Å². The Morgan fingerprint density at radius 2 is 2.12 bits per heavy atom. The quantitative estimate of drug-likeness (QED) is 0.724. The van der Waals surface area contributed by atoms with Crippen molar-refractivity contribution >= 4 is 5.91 Å². The van der Waals surface area contributed by atoms with Gasteiger partial charge < -0.3 is 10.2 Å². The third kappa shape index (κ3) is 3.07. The van der Waals surface area contributed by atoms with Crippen LogP contribution in [0.3, 0.4) is 0 Å². The molecule has 0 aromatic heterocycles. The van der Waals surface area contributed by atoms with Crippen LogP contribution in [0, 0.1) is 0 Å². The van der Waals surface area contributed by atoms with Crippen LogP contribution in [0.25, 0.3) is 0 Å². The van der Waals surface area contributed by atoms with Crippen LogP contribution in [-0.4, -0.2) is 61.0 Å². The zero-order valence-electron chi connectivity index (χ0n) is 10.7. The van der Waals surface area contributed by atoms with E-state index in [-0.39, 0.29) is 6.04 Å². The second kappa shape index (κ2) is 6.17. The van der Waals surface area contributed by atoms with Crippen LogP contribution in [-0.2, 0) is 4.79 Å². The van der Waals surface area contributed by atoms with Crippen LogP contribution >= 0.6 is 0 Å². The van der Waals surface area contributed by atoms with Crippen molar-refractivity contribution in [3.05, 3.63) is 12.2 Å². The van der Waals surface area contributed by atoms with Gasteiger partial charge in [-0.3, -0.25) is 9.69 Å². The Labute approximate surface area is 104 Å². The lowest BCUT2D eigenvalue weighted by molar-refractivity contribution is -0.136. The summed E-state index contributed by atoms with van der Waals surface area (Å²) in [5, 5.41) is 3.29. The highest BCUT2D eigenvalue weighted by Crippen LogP contribution is 2.19. The molecule has 0 spiro atoms. The highest BCUT2D eigenvalue weighted by molar-refractivity contribution is 5.82. The molecule has 4 heteroatoms. The molecule has 0 aromatic carbocycles. The van der Waals surface area contributed by atoms with Crippen LogP contribution in [0.15, 0.2) is 12.2 Å². The van der Waals surface area contributed by atoms with E-state index in [2.05, 4.69) is 22.4 Å². The second-order valence-electron chi connectivity index (χ2n) is 4.80. The van der Waals surface area contributed by atoms with Crippen molar-refractivity contribution < 1.29 is 4.79 Å². The number of nitrogens with one attached hydrogen (secondary N) is 1. The van der Waals surface area contributed by atoms with E-state index < -0.39 is 0 Å². The maximum Gasteiger partial charge on any atom is 0.240 e. The molecule has 1 N–H and O–H groups in total. The van der Waals surface area contributed by atoms with Gasteiger partial charge in [-0.05, 0) is 26.3 Å². The number of hydrogen-bond donors (Lipinski definition) is 1. The predicted molar refractivity (Wildman–Crippen MR) is 68.9 cm³/mol. The van der Waals surface area contributed by atoms with Crippen LogP contribution in [0.4, 0.5) is 0 Å². The van der Waals surface area contributed by atoms with Crippen molar-refractivity contribution in [2.75, 3.05) is 39.3 Å². The van der Waals surface area contributed by atoms with Gasteiger partial charge in [0.25, 0.3) is 0 Å². The van der Waals surface area contributed by atoms with E-state index in [0.29, 0.717) is 5.91 Å². The van der Waals surface area contributed by atoms with Gasteiger partial charge in [-0.15, -0.1) is 0 Å². The minimum atomic E-state index is 0.129. The van der Waals surface area contributed by atoms with E-state index in [1.54, 1.807) is 0 Å². The Kier molecular flexibility index (Phi) is 4.57. The van der Waals surface area contributed by atoms with E-state index in [1.165, 1.54) is 0 Å². The molecule has 2 fully saturated rings. The molecule has 2 rings (SSSR count). The summed E-state index contributed by atoms with van der Waals surface area (Å²) < 4.78 is 0. The van der Waals surface area contributed by atoms with Crippen molar-refractivity contribution in [1.82, 2.24) is 15.1 Å². The van der Waals surface area contributed by atoms with Gasteiger partial charge in [-0.1, -0.05) is 12.2 Å². The molecule has 2 aliphatic rings. The van der Waals surface area contributed by atoms with Crippen LogP contribution in [0.5, 0.6) is 0 Å². The molecule has 0 aromatic rings. The summed E-state index contributed by atoms with van der Waals surface area (Å²) in [6, 6.07) is 0.129. The number of carbonyl (C=O) groups excluding carboxylic acids is 1. The molecule has 2 heterocycles. The molecule has 2 aliphatic heterocycles. The summed E-state index contributed by atoms with van der Waals surface area (Å²) in [6.07, 6.45) is 6.38.